The van der Waals surface area contributed by atoms with Crippen molar-refractivity contribution in [2.45, 2.75) is 32.9 Å². The average Bonchev–Trinajstić information content (AvgIpc) is 2.80. The minimum absolute atomic E-state index is 0.0539. The lowest BCUT2D eigenvalue weighted by Gasteiger charge is -2.17. The maximum absolute atomic E-state index is 12.9. The highest BCUT2D eigenvalue weighted by atomic mass is 35.5. The molecule has 188 valence electrons. The predicted octanol–water partition coefficient (Wildman–Crippen LogP) is 2.78. The third kappa shape index (κ3) is 6.22. The molecule has 2 aromatic carbocycles. The largest absolute Gasteiger partial charge is 0.478 e. The number of halogens is 1. The second-order valence-electron chi connectivity index (χ2n) is 8.42. The summed E-state index contributed by atoms with van der Waals surface area (Å²) in [4.78, 5) is 28.8. The van der Waals surface area contributed by atoms with Crippen LogP contribution in [-0.4, -0.2) is 38.8 Å². The first kappa shape index (κ1) is 26.3. The highest BCUT2D eigenvalue weighted by molar-refractivity contribution is 6.33. The number of aromatic carboxylic acids is 1. The van der Waals surface area contributed by atoms with Crippen LogP contribution >= 0.6 is 11.6 Å². The Morgan fingerprint density at radius 3 is 2.39 bits per heavy atom. The first-order valence-electron chi connectivity index (χ1n) is 11.0. The number of carboxylic acid groups (broad SMARTS) is 1. The van der Waals surface area contributed by atoms with E-state index in [0.29, 0.717) is 11.1 Å². The molecule has 36 heavy (non-hydrogen) atoms. The van der Waals surface area contributed by atoms with E-state index in [2.05, 4.69) is 10.3 Å². The van der Waals surface area contributed by atoms with Gasteiger partial charge in [-0.25, -0.2) is 4.79 Å². The molecule has 1 aromatic heterocycles. The summed E-state index contributed by atoms with van der Waals surface area (Å²) in [5, 5.41) is 30.8. The van der Waals surface area contributed by atoms with Crippen LogP contribution in [0.25, 0.3) is 11.1 Å². The third-order valence-electron chi connectivity index (χ3n) is 5.22. The van der Waals surface area contributed by atoms with Crippen LogP contribution in [0, 0.1) is 5.41 Å². The molecule has 3 aromatic rings. The van der Waals surface area contributed by atoms with Crippen LogP contribution in [0.3, 0.4) is 0 Å². The number of hydrogen-bond acceptors (Lipinski definition) is 6. The molecular formula is C25H27ClN6O4. The number of amidine groups is 1. The van der Waals surface area contributed by atoms with E-state index in [9.17, 15) is 19.9 Å². The average molecular weight is 511 g/mol. The van der Waals surface area contributed by atoms with Crippen LogP contribution in [0.2, 0.25) is 5.02 Å². The van der Waals surface area contributed by atoms with Crippen molar-refractivity contribution in [3.8, 4) is 11.1 Å². The van der Waals surface area contributed by atoms with Crippen LogP contribution in [0.5, 0.6) is 0 Å². The standard InChI is InChI=1S/C25H27ClN6O4/c1-13(2)31-21-10-19(26)23(16-7-17(25(34)35)9-18(27)8-16)20(32(21)36)11-22(33)30-12-14-3-5-15(6-4-14)24(28)29/h3-10,13,36H,11-12,27H2,1-2H3,(H3,28,29)(H,30,33)(H,34,35). The van der Waals surface area contributed by atoms with Gasteiger partial charge in [0.1, 0.15) is 5.84 Å². The minimum Gasteiger partial charge on any atom is -0.478 e. The van der Waals surface area contributed by atoms with E-state index >= 15 is 0 Å². The Bertz CT molecular complexity index is 1400. The van der Waals surface area contributed by atoms with Crippen molar-refractivity contribution < 1.29 is 19.9 Å². The van der Waals surface area contributed by atoms with Gasteiger partial charge < -0.3 is 27.1 Å². The predicted molar refractivity (Wildman–Crippen MR) is 137 cm³/mol. The zero-order valence-electron chi connectivity index (χ0n) is 19.7. The van der Waals surface area contributed by atoms with E-state index in [0.717, 1.165) is 10.3 Å². The number of anilines is 1. The van der Waals surface area contributed by atoms with Crippen molar-refractivity contribution in [3.63, 3.8) is 0 Å². The summed E-state index contributed by atoms with van der Waals surface area (Å²) in [6, 6.07) is 12.3. The second-order valence-corrected chi connectivity index (χ2v) is 8.83. The highest BCUT2D eigenvalue weighted by Gasteiger charge is 2.20. The van der Waals surface area contributed by atoms with Gasteiger partial charge in [0.2, 0.25) is 5.91 Å². The van der Waals surface area contributed by atoms with E-state index in [-0.39, 0.29) is 57.9 Å². The van der Waals surface area contributed by atoms with Crippen LogP contribution < -0.4 is 22.3 Å². The number of benzene rings is 2. The normalized spacial score (nSPS) is 11.5. The molecule has 0 atom stereocenters. The lowest BCUT2D eigenvalue weighted by atomic mass is 9.98. The maximum Gasteiger partial charge on any atom is 0.335 e. The molecule has 0 aliphatic heterocycles. The maximum atomic E-state index is 12.9. The minimum atomic E-state index is -1.18. The van der Waals surface area contributed by atoms with Gasteiger partial charge in [-0.15, -0.1) is 0 Å². The quantitative estimate of drug-likeness (QED) is 0.117. The molecule has 0 unspecified atom stereocenters. The number of nitrogen functional groups attached to an aromatic ring is 2. The Balaban J connectivity index is 2.01. The lowest BCUT2D eigenvalue weighted by molar-refractivity contribution is -0.120. The van der Waals surface area contributed by atoms with Crippen LogP contribution in [0.1, 0.15) is 41.0 Å². The van der Waals surface area contributed by atoms with Gasteiger partial charge in [-0.05, 0) is 43.2 Å². The second kappa shape index (κ2) is 11.0. The summed E-state index contributed by atoms with van der Waals surface area (Å²) in [5.74, 6) is -1.66. The third-order valence-corrected chi connectivity index (χ3v) is 5.52. The van der Waals surface area contributed by atoms with E-state index in [4.69, 9.17) is 28.5 Å². The van der Waals surface area contributed by atoms with Crippen molar-refractivity contribution in [3.05, 3.63) is 81.4 Å². The number of carboxylic acids is 1. The monoisotopic (exact) mass is 510 g/mol. The molecule has 3 rings (SSSR count). The first-order valence-corrected chi connectivity index (χ1v) is 11.4. The summed E-state index contributed by atoms with van der Waals surface area (Å²) < 4.78 is 0.784. The van der Waals surface area contributed by atoms with Crippen molar-refractivity contribution in [2.75, 3.05) is 5.73 Å². The number of pyridine rings is 1. The number of nitrogens with zero attached hydrogens (tertiary/aromatic N) is 2. The topological polar surface area (TPSA) is 180 Å². The fourth-order valence-corrected chi connectivity index (χ4v) is 3.91. The fourth-order valence-electron chi connectivity index (χ4n) is 3.59. The number of amides is 1. The van der Waals surface area contributed by atoms with Gasteiger partial charge in [-0.1, -0.05) is 35.9 Å². The molecule has 0 aliphatic rings. The van der Waals surface area contributed by atoms with Gasteiger partial charge in [0, 0.05) is 35.5 Å². The molecule has 1 heterocycles. The first-order chi connectivity index (χ1) is 17.0. The van der Waals surface area contributed by atoms with Gasteiger partial charge in [0.15, 0.2) is 5.49 Å². The molecule has 11 heteroatoms. The van der Waals surface area contributed by atoms with Gasteiger partial charge in [0.05, 0.1) is 22.7 Å². The molecule has 1 amide bonds. The smallest absolute Gasteiger partial charge is 0.335 e. The molecule has 0 aliphatic carbocycles. The number of rotatable bonds is 8. The summed E-state index contributed by atoms with van der Waals surface area (Å²) >= 11 is 6.57. The Kier molecular flexibility index (Phi) is 8.00. The molecule has 8 N–H and O–H groups in total. The number of carbonyl (C=O) groups excluding carboxylic acids is 1. The van der Waals surface area contributed by atoms with Crippen molar-refractivity contribution in [1.29, 1.82) is 5.41 Å². The Morgan fingerprint density at radius 2 is 1.81 bits per heavy atom. The highest BCUT2D eigenvalue weighted by Crippen LogP contribution is 2.32. The Morgan fingerprint density at radius 1 is 1.14 bits per heavy atom. The van der Waals surface area contributed by atoms with Crippen LogP contribution in [0.15, 0.2) is 53.5 Å². The van der Waals surface area contributed by atoms with Gasteiger partial charge in [0.25, 0.3) is 0 Å². The number of nitrogens with one attached hydrogen (secondary N) is 2. The SMILES string of the molecule is CC(C)N=c1cc(Cl)c(-c2cc(N)cc(C(=O)O)c2)c(CC(=O)NCc2ccc(C(=N)N)cc2)n1O. The summed E-state index contributed by atoms with van der Waals surface area (Å²) in [5.41, 5.74) is 13.7. The molecule has 0 bridgehead atoms. The van der Waals surface area contributed by atoms with Gasteiger partial charge >= 0.3 is 5.97 Å². The lowest BCUT2D eigenvalue weighted by Crippen LogP contribution is -2.30. The summed E-state index contributed by atoms with van der Waals surface area (Å²) in [6.45, 7) is 3.84. The van der Waals surface area contributed by atoms with Crippen molar-refractivity contribution in [1.82, 2.24) is 10.0 Å². The summed E-state index contributed by atoms with van der Waals surface area (Å²) in [6.07, 6.45) is -0.282. The molecule has 0 saturated heterocycles. The zero-order valence-corrected chi connectivity index (χ0v) is 20.5. The van der Waals surface area contributed by atoms with Crippen LogP contribution in [0.4, 0.5) is 5.69 Å². The van der Waals surface area contributed by atoms with E-state index in [1.165, 1.54) is 24.3 Å². The van der Waals surface area contributed by atoms with Gasteiger partial charge in [-0.2, -0.15) is 4.73 Å². The Labute approximate surface area is 212 Å². The molecule has 0 radical (unpaired) electrons. The van der Waals surface area contributed by atoms with Crippen molar-refractivity contribution in [2.24, 2.45) is 10.7 Å². The Hall–Kier alpha value is -4.31. The van der Waals surface area contributed by atoms with Crippen molar-refractivity contribution >= 4 is 35.0 Å². The van der Waals surface area contributed by atoms with Gasteiger partial charge in [-0.3, -0.25) is 15.2 Å². The zero-order chi connectivity index (χ0) is 26.6. The number of carbonyl (C=O) groups is 2. The number of hydrogen-bond donors (Lipinski definition) is 6. The molecule has 10 nitrogen and oxygen atoms in total. The molecule has 0 saturated carbocycles. The molecular weight excluding hydrogens is 484 g/mol. The van der Waals surface area contributed by atoms with E-state index in [1.54, 1.807) is 24.3 Å². The van der Waals surface area contributed by atoms with Crippen LogP contribution in [-0.2, 0) is 17.8 Å². The number of aromatic nitrogens is 1. The number of nitrogens with two attached hydrogens (primary N) is 2. The molecule has 0 spiro atoms. The fraction of sp³-hybridized carbons (Fsp3) is 0.200. The molecule has 0 fully saturated rings. The van der Waals surface area contributed by atoms with E-state index in [1.807, 2.05) is 13.8 Å². The summed E-state index contributed by atoms with van der Waals surface area (Å²) in [7, 11) is 0. The van der Waals surface area contributed by atoms with E-state index < -0.39 is 11.9 Å².